The van der Waals surface area contributed by atoms with Crippen LogP contribution in [0.15, 0.2) is 66.7 Å². The maximum Gasteiger partial charge on any atom is 0.276 e. The first-order valence-electron chi connectivity index (χ1n) is 9.77. The molecule has 3 aromatic rings. The van der Waals surface area contributed by atoms with Crippen LogP contribution in [-0.2, 0) is 17.0 Å². The van der Waals surface area contributed by atoms with Gasteiger partial charge < -0.3 is 15.4 Å². The molecular weight excluding hydrogens is 378 g/mol. The number of fused-ring (bicyclic) bond motifs is 3. The number of amides is 2. The lowest BCUT2D eigenvalue weighted by Gasteiger charge is -2.44. The van der Waals surface area contributed by atoms with Crippen molar-refractivity contribution in [2.45, 2.75) is 19.1 Å². The molecule has 0 fully saturated rings. The molecule has 1 unspecified atom stereocenters. The molecule has 1 spiro atoms. The fourth-order valence-corrected chi connectivity index (χ4v) is 4.20. The molecule has 2 heterocycles. The first-order valence-corrected chi connectivity index (χ1v) is 9.77. The molecule has 2 aliphatic rings. The van der Waals surface area contributed by atoms with Crippen LogP contribution in [0.3, 0.4) is 0 Å². The van der Waals surface area contributed by atoms with E-state index in [9.17, 15) is 9.59 Å². The molecule has 0 aliphatic carbocycles. The van der Waals surface area contributed by atoms with Crippen molar-refractivity contribution in [3.63, 3.8) is 0 Å². The van der Waals surface area contributed by atoms with E-state index in [-0.39, 0.29) is 11.8 Å². The van der Waals surface area contributed by atoms with E-state index >= 15 is 0 Å². The number of aryl methyl sites for hydroxylation is 1. The number of para-hydroxylation sites is 1. The van der Waals surface area contributed by atoms with E-state index in [1.165, 1.54) is 0 Å². The molecule has 0 bridgehead atoms. The number of rotatable bonds is 3. The van der Waals surface area contributed by atoms with Gasteiger partial charge in [-0.25, -0.2) is 0 Å². The average molecular weight is 399 g/mol. The van der Waals surface area contributed by atoms with E-state index in [4.69, 9.17) is 4.74 Å². The second-order valence-corrected chi connectivity index (χ2v) is 7.62. The maximum atomic E-state index is 13.6. The van der Waals surface area contributed by atoms with Crippen molar-refractivity contribution >= 4 is 23.2 Å². The van der Waals surface area contributed by atoms with Gasteiger partial charge in [0.1, 0.15) is 5.75 Å². The number of nitrogens with zero attached hydrogens (tertiary/aromatic N) is 1. The summed E-state index contributed by atoms with van der Waals surface area (Å²) in [6.45, 7) is 2.31. The second-order valence-electron chi connectivity index (χ2n) is 7.62. The van der Waals surface area contributed by atoms with Crippen LogP contribution < -0.4 is 15.4 Å². The highest BCUT2D eigenvalue weighted by molar-refractivity contribution is 6.14. The molecule has 3 aromatic carbocycles. The standard InChI is InChI=1S/C24H21N3O3/c1-15-7-9-16(10-8-15)14-27-22(28)18-5-3-4-6-20(18)26-24(27)19-12-11-17(30-2)13-21(19)25-23(24)29/h3-13,26H,14H2,1-2H3,(H,25,29). The van der Waals surface area contributed by atoms with Gasteiger partial charge in [-0.15, -0.1) is 0 Å². The van der Waals surface area contributed by atoms with Gasteiger partial charge >= 0.3 is 0 Å². The van der Waals surface area contributed by atoms with Gasteiger partial charge in [0.05, 0.1) is 18.4 Å². The molecule has 2 aliphatic heterocycles. The third-order valence-corrected chi connectivity index (χ3v) is 5.78. The predicted octanol–water partition coefficient (Wildman–Crippen LogP) is 3.88. The molecule has 6 heteroatoms. The molecule has 2 N–H and O–H groups in total. The van der Waals surface area contributed by atoms with Gasteiger partial charge in [0, 0.05) is 23.9 Å². The highest BCUT2D eigenvalue weighted by atomic mass is 16.5. The van der Waals surface area contributed by atoms with Gasteiger partial charge in [0.25, 0.3) is 11.8 Å². The van der Waals surface area contributed by atoms with E-state index in [1.54, 1.807) is 30.2 Å². The average Bonchev–Trinajstić information content (AvgIpc) is 3.03. The monoisotopic (exact) mass is 399 g/mol. The summed E-state index contributed by atoms with van der Waals surface area (Å²) in [5.74, 6) is 0.156. The minimum atomic E-state index is -1.34. The zero-order valence-electron chi connectivity index (χ0n) is 16.7. The lowest BCUT2D eigenvalue weighted by atomic mass is 9.92. The Labute approximate surface area is 174 Å². The Kier molecular flexibility index (Phi) is 4.03. The van der Waals surface area contributed by atoms with E-state index in [1.807, 2.05) is 55.5 Å². The highest BCUT2D eigenvalue weighted by Crippen LogP contribution is 2.46. The molecular formula is C24H21N3O3. The summed E-state index contributed by atoms with van der Waals surface area (Å²) in [4.78, 5) is 28.6. The molecule has 0 saturated carbocycles. The maximum absolute atomic E-state index is 13.6. The van der Waals surface area contributed by atoms with E-state index in [2.05, 4.69) is 10.6 Å². The predicted molar refractivity (Wildman–Crippen MR) is 114 cm³/mol. The Balaban J connectivity index is 1.69. The van der Waals surface area contributed by atoms with E-state index in [0.29, 0.717) is 34.8 Å². The molecule has 5 rings (SSSR count). The van der Waals surface area contributed by atoms with Crippen LogP contribution in [0, 0.1) is 6.92 Å². The van der Waals surface area contributed by atoms with Crippen LogP contribution in [0.4, 0.5) is 11.4 Å². The number of hydrogen-bond acceptors (Lipinski definition) is 4. The van der Waals surface area contributed by atoms with Crippen molar-refractivity contribution in [2.24, 2.45) is 0 Å². The minimum Gasteiger partial charge on any atom is -0.497 e. The largest absolute Gasteiger partial charge is 0.497 e. The third kappa shape index (κ3) is 2.57. The van der Waals surface area contributed by atoms with Crippen LogP contribution in [0.2, 0.25) is 0 Å². The Morgan fingerprint density at radius 1 is 0.967 bits per heavy atom. The van der Waals surface area contributed by atoms with Crippen LogP contribution in [0.25, 0.3) is 0 Å². The first-order chi connectivity index (χ1) is 14.5. The Bertz CT molecular complexity index is 1170. The summed E-state index contributed by atoms with van der Waals surface area (Å²) < 4.78 is 5.31. The summed E-state index contributed by atoms with van der Waals surface area (Å²) in [6.07, 6.45) is 0. The number of anilines is 2. The van der Waals surface area contributed by atoms with Crippen molar-refractivity contribution in [3.05, 3.63) is 89.0 Å². The lowest BCUT2D eigenvalue weighted by Crippen LogP contribution is -2.60. The molecule has 150 valence electrons. The Morgan fingerprint density at radius 2 is 1.73 bits per heavy atom. The van der Waals surface area contributed by atoms with E-state index in [0.717, 1.165) is 11.1 Å². The normalized spacial score (nSPS) is 19.2. The first kappa shape index (κ1) is 18.2. The van der Waals surface area contributed by atoms with Crippen molar-refractivity contribution < 1.29 is 14.3 Å². The fraction of sp³-hybridized carbons (Fsp3) is 0.167. The lowest BCUT2D eigenvalue weighted by molar-refractivity contribution is -0.125. The Morgan fingerprint density at radius 3 is 2.50 bits per heavy atom. The molecule has 0 radical (unpaired) electrons. The minimum absolute atomic E-state index is 0.191. The molecule has 1 atom stereocenters. The summed E-state index contributed by atoms with van der Waals surface area (Å²) in [7, 11) is 1.58. The van der Waals surface area contributed by atoms with Gasteiger partial charge in [-0.05, 0) is 36.8 Å². The summed E-state index contributed by atoms with van der Waals surface area (Å²) in [5.41, 5.74) is 3.27. The molecule has 0 saturated heterocycles. The molecule has 0 aromatic heterocycles. The number of methoxy groups -OCH3 is 1. The number of benzene rings is 3. The highest BCUT2D eigenvalue weighted by Gasteiger charge is 2.56. The van der Waals surface area contributed by atoms with Gasteiger partial charge in [0.15, 0.2) is 0 Å². The molecule has 6 nitrogen and oxygen atoms in total. The van der Waals surface area contributed by atoms with Crippen molar-refractivity contribution in [2.75, 3.05) is 17.7 Å². The van der Waals surface area contributed by atoms with Crippen LogP contribution >= 0.6 is 0 Å². The van der Waals surface area contributed by atoms with Gasteiger partial charge in [-0.3, -0.25) is 14.5 Å². The molecule has 2 amide bonds. The van der Waals surface area contributed by atoms with Crippen LogP contribution in [-0.4, -0.2) is 23.8 Å². The summed E-state index contributed by atoms with van der Waals surface area (Å²) in [5, 5.41) is 6.31. The van der Waals surface area contributed by atoms with Crippen molar-refractivity contribution in [1.82, 2.24) is 4.90 Å². The topological polar surface area (TPSA) is 70.7 Å². The van der Waals surface area contributed by atoms with Crippen LogP contribution in [0.5, 0.6) is 5.75 Å². The SMILES string of the molecule is COc1ccc2c(c1)NC(=O)C21Nc2ccccc2C(=O)N1Cc1ccc(C)cc1. The number of nitrogens with one attached hydrogen (secondary N) is 2. The van der Waals surface area contributed by atoms with Crippen molar-refractivity contribution in [3.8, 4) is 5.75 Å². The fourth-order valence-electron chi connectivity index (χ4n) is 4.20. The van der Waals surface area contributed by atoms with E-state index < -0.39 is 5.66 Å². The van der Waals surface area contributed by atoms with Gasteiger partial charge in [-0.2, -0.15) is 0 Å². The summed E-state index contributed by atoms with van der Waals surface area (Å²) in [6, 6.07) is 20.7. The third-order valence-electron chi connectivity index (χ3n) is 5.78. The Hall–Kier alpha value is -3.80. The smallest absolute Gasteiger partial charge is 0.276 e. The summed E-state index contributed by atoms with van der Waals surface area (Å²) >= 11 is 0. The van der Waals surface area contributed by atoms with Gasteiger partial charge in [0.2, 0.25) is 5.66 Å². The van der Waals surface area contributed by atoms with Crippen molar-refractivity contribution in [1.29, 1.82) is 0 Å². The van der Waals surface area contributed by atoms with Crippen LogP contribution in [0.1, 0.15) is 27.0 Å². The van der Waals surface area contributed by atoms with Gasteiger partial charge in [-0.1, -0.05) is 42.0 Å². The number of carbonyl (C=O) groups excluding carboxylic acids is 2. The zero-order valence-corrected chi connectivity index (χ0v) is 16.7. The zero-order chi connectivity index (χ0) is 20.9. The number of carbonyl (C=O) groups is 2. The quantitative estimate of drug-likeness (QED) is 0.701. The second kappa shape index (κ2) is 6.62. The molecule has 30 heavy (non-hydrogen) atoms. The number of hydrogen-bond donors (Lipinski definition) is 2. The number of ether oxygens (including phenoxy) is 1.